The molecule has 8 nitrogen and oxygen atoms in total. The zero-order valence-electron chi connectivity index (χ0n) is 22.3. The second-order valence-corrected chi connectivity index (χ2v) is 11.2. The number of halogens is 3. The third-order valence-electron chi connectivity index (χ3n) is 6.90. The van der Waals surface area contributed by atoms with E-state index in [0.29, 0.717) is 29.7 Å². The number of nitrogens with zero attached hydrogens (tertiary/aromatic N) is 4. The molecule has 2 atom stereocenters. The van der Waals surface area contributed by atoms with Gasteiger partial charge in [0, 0.05) is 37.3 Å². The molecule has 0 aliphatic carbocycles. The smallest absolute Gasteiger partial charge is 0.416 e. The van der Waals surface area contributed by atoms with E-state index in [-0.39, 0.29) is 23.7 Å². The summed E-state index contributed by atoms with van der Waals surface area (Å²) >= 11 is 0. The fraction of sp³-hybridized carbons (Fsp3) is 0.593. The normalized spacial score (nSPS) is 21.0. The lowest BCUT2D eigenvalue weighted by atomic mass is 10.0. The first kappa shape index (κ1) is 27.9. The van der Waals surface area contributed by atoms with Crippen molar-refractivity contribution in [3.63, 3.8) is 0 Å². The molecule has 1 aromatic carbocycles. The quantitative estimate of drug-likeness (QED) is 0.526. The highest BCUT2D eigenvalue weighted by atomic mass is 19.4. The lowest BCUT2D eigenvalue weighted by Crippen LogP contribution is -2.49. The predicted octanol–water partition coefficient (Wildman–Crippen LogP) is 5.45. The number of likely N-dealkylation sites (tertiary alicyclic amines) is 2. The van der Waals surface area contributed by atoms with Crippen LogP contribution in [0.15, 0.2) is 24.3 Å². The van der Waals surface area contributed by atoms with E-state index in [2.05, 4.69) is 20.4 Å². The first-order valence-corrected chi connectivity index (χ1v) is 13.0. The van der Waals surface area contributed by atoms with Gasteiger partial charge in [0.1, 0.15) is 17.2 Å². The van der Waals surface area contributed by atoms with Crippen molar-refractivity contribution in [2.24, 2.45) is 0 Å². The summed E-state index contributed by atoms with van der Waals surface area (Å²) in [4.78, 5) is 16.9. The van der Waals surface area contributed by atoms with E-state index in [0.717, 1.165) is 51.4 Å². The van der Waals surface area contributed by atoms with Crippen molar-refractivity contribution in [2.75, 3.05) is 31.5 Å². The molecule has 11 heteroatoms. The Morgan fingerprint density at radius 2 is 1.87 bits per heavy atom. The average Bonchev–Trinajstić information content (AvgIpc) is 3.26. The first-order chi connectivity index (χ1) is 17.8. The molecular weight excluding hydrogens is 499 g/mol. The Kier molecular flexibility index (Phi) is 8.06. The number of ether oxygens (including phenoxy) is 1. The molecule has 4 rings (SSSR count). The number of alkyl halides is 3. The molecule has 38 heavy (non-hydrogen) atoms. The van der Waals surface area contributed by atoms with Crippen molar-refractivity contribution in [3.05, 3.63) is 35.4 Å². The van der Waals surface area contributed by atoms with Crippen LogP contribution in [0.25, 0.3) is 11.3 Å². The van der Waals surface area contributed by atoms with Crippen molar-refractivity contribution < 1.29 is 27.8 Å². The summed E-state index contributed by atoms with van der Waals surface area (Å²) in [7, 11) is 0. The van der Waals surface area contributed by atoms with Crippen molar-refractivity contribution in [3.8, 4) is 17.0 Å². The van der Waals surface area contributed by atoms with Gasteiger partial charge in [0.25, 0.3) is 0 Å². The number of carbonyl (C=O) groups excluding carboxylic acids is 1. The van der Waals surface area contributed by atoms with Crippen molar-refractivity contribution in [2.45, 2.75) is 77.2 Å². The van der Waals surface area contributed by atoms with E-state index in [4.69, 9.17) is 4.74 Å². The predicted molar refractivity (Wildman–Crippen MR) is 138 cm³/mol. The molecule has 2 saturated heterocycles. The molecule has 0 radical (unpaired) electrons. The van der Waals surface area contributed by atoms with Gasteiger partial charge >= 0.3 is 12.3 Å². The van der Waals surface area contributed by atoms with Gasteiger partial charge in [0.15, 0.2) is 0 Å². The highest BCUT2D eigenvalue weighted by Crippen LogP contribution is 2.37. The lowest BCUT2D eigenvalue weighted by molar-refractivity contribution is -0.137. The third kappa shape index (κ3) is 6.86. The molecule has 2 N–H and O–H groups in total. The number of piperidine rings is 1. The summed E-state index contributed by atoms with van der Waals surface area (Å²) in [6, 6.07) is 4.89. The Balaban J connectivity index is 1.38. The molecule has 2 aliphatic heterocycles. The van der Waals surface area contributed by atoms with Crippen molar-refractivity contribution in [1.29, 1.82) is 0 Å². The Hall–Kier alpha value is -3.08. The summed E-state index contributed by atoms with van der Waals surface area (Å²) in [5, 5.41) is 22.1. The number of amides is 1. The number of rotatable bonds is 5. The fourth-order valence-electron chi connectivity index (χ4n) is 5.16. The van der Waals surface area contributed by atoms with Gasteiger partial charge in [-0.05, 0) is 89.8 Å². The highest BCUT2D eigenvalue weighted by molar-refractivity contribution is 5.70. The molecule has 208 valence electrons. The number of anilines is 1. The molecule has 1 aromatic heterocycles. The first-order valence-electron chi connectivity index (χ1n) is 13.0. The average molecular weight is 536 g/mol. The number of aromatic hydroxyl groups is 1. The van der Waals surface area contributed by atoms with Crippen LogP contribution in [0.3, 0.4) is 0 Å². The molecular formula is C27H36F3N5O3. The number of hydrogen-bond donors (Lipinski definition) is 2. The minimum atomic E-state index is -4.54. The summed E-state index contributed by atoms with van der Waals surface area (Å²) in [5.41, 5.74) is -0.231. The van der Waals surface area contributed by atoms with E-state index in [1.807, 2.05) is 25.7 Å². The summed E-state index contributed by atoms with van der Waals surface area (Å²) < 4.78 is 44.4. The number of benzene rings is 1. The number of hydrogen-bond acceptors (Lipinski definition) is 7. The summed E-state index contributed by atoms with van der Waals surface area (Å²) in [5.74, 6) is 0.0777. The van der Waals surface area contributed by atoms with Gasteiger partial charge in [-0.3, -0.25) is 4.90 Å². The maximum atomic E-state index is 12.9. The minimum Gasteiger partial charge on any atom is -0.507 e. The van der Waals surface area contributed by atoms with E-state index in [1.165, 1.54) is 6.07 Å². The van der Waals surface area contributed by atoms with Crippen LogP contribution in [-0.4, -0.2) is 75.1 Å². The van der Waals surface area contributed by atoms with Crippen LogP contribution in [0.1, 0.15) is 57.6 Å². The van der Waals surface area contributed by atoms with Crippen LogP contribution in [0, 0.1) is 6.92 Å². The molecule has 3 heterocycles. The molecule has 2 fully saturated rings. The molecule has 0 unspecified atom stereocenters. The zero-order valence-corrected chi connectivity index (χ0v) is 22.3. The van der Waals surface area contributed by atoms with Crippen LogP contribution in [0.4, 0.5) is 23.8 Å². The second kappa shape index (κ2) is 11.0. The van der Waals surface area contributed by atoms with Gasteiger partial charge in [-0.15, -0.1) is 10.2 Å². The monoisotopic (exact) mass is 535 g/mol. The molecule has 1 amide bonds. The molecule has 2 aliphatic rings. The number of aryl methyl sites for hydroxylation is 1. The number of aromatic nitrogens is 2. The van der Waals surface area contributed by atoms with Gasteiger partial charge in [-0.25, -0.2) is 4.79 Å². The van der Waals surface area contributed by atoms with Gasteiger partial charge in [-0.1, -0.05) is 0 Å². The Bertz CT molecular complexity index is 1150. The van der Waals surface area contributed by atoms with Crippen LogP contribution in [-0.2, 0) is 10.9 Å². The maximum absolute atomic E-state index is 12.9. The molecule has 0 spiro atoms. The summed E-state index contributed by atoms with van der Waals surface area (Å²) in [6.07, 6.45) is -0.910. The number of nitrogens with one attached hydrogen (secondary N) is 1. The number of carbonyl (C=O) groups is 1. The van der Waals surface area contributed by atoms with Crippen LogP contribution >= 0.6 is 0 Å². The minimum absolute atomic E-state index is 0.126. The van der Waals surface area contributed by atoms with Gasteiger partial charge in [0.05, 0.1) is 11.3 Å². The zero-order chi connectivity index (χ0) is 27.7. The Morgan fingerprint density at radius 3 is 2.53 bits per heavy atom. The van der Waals surface area contributed by atoms with E-state index < -0.39 is 23.1 Å². The largest absolute Gasteiger partial charge is 0.507 e. The SMILES string of the molecule is Cc1cc(N[C@@H]2CCCN(C[C@H]3CCCN3C(=O)OC(C)(C)C)C2)nnc1-c1ccc(C(F)(F)F)cc1O. The van der Waals surface area contributed by atoms with Crippen molar-refractivity contribution in [1.82, 2.24) is 20.0 Å². The standard InChI is InChI=1S/C27H36F3N5O3/c1-17-13-23(32-33-24(17)21-10-9-18(14-22(21)36)27(28,29)30)31-19-7-5-11-34(15-19)16-20-8-6-12-35(20)25(37)38-26(2,3)4/h9-10,13-14,19-20,36H,5-8,11-12,15-16H2,1-4H3,(H,31,32)/t19-,20-/m1/s1. The second-order valence-electron chi connectivity index (χ2n) is 11.2. The fourth-order valence-corrected chi connectivity index (χ4v) is 5.16. The topological polar surface area (TPSA) is 90.8 Å². The van der Waals surface area contributed by atoms with Gasteiger partial charge < -0.3 is 20.1 Å². The molecule has 0 bridgehead atoms. The maximum Gasteiger partial charge on any atom is 0.416 e. The van der Waals surface area contributed by atoms with Crippen LogP contribution < -0.4 is 5.32 Å². The molecule has 2 aromatic rings. The summed E-state index contributed by atoms with van der Waals surface area (Å²) in [6.45, 7) is 10.7. The van der Waals surface area contributed by atoms with E-state index >= 15 is 0 Å². The highest BCUT2D eigenvalue weighted by Gasteiger charge is 2.34. The number of phenolic OH excluding ortho intramolecular Hbond substituents is 1. The van der Waals surface area contributed by atoms with Gasteiger partial charge in [0.2, 0.25) is 0 Å². The van der Waals surface area contributed by atoms with E-state index in [1.54, 1.807) is 13.0 Å². The van der Waals surface area contributed by atoms with Crippen LogP contribution in [0.2, 0.25) is 0 Å². The van der Waals surface area contributed by atoms with Crippen LogP contribution in [0.5, 0.6) is 5.75 Å². The molecule has 0 saturated carbocycles. The van der Waals surface area contributed by atoms with Crippen molar-refractivity contribution >= 4 is 11.9 Å². The number of phenols is 1. The lowest BCUT2D eigenvalue weighted by Gasteiger charge is -2.37. The third-order valence-corrected chi connectivity index (χ3v) is 6.90. The Labute approximate surface area is 221 Å². The van der Waals surface area contributed by atoms with E-state index in [9.17, 15) is 23.1 Å². The Morgan fingerprint density at radius 1 is 1.13 bits per heavy atom. The van der Waals surface area contributed by atoms with Gasteiger partial charge in [-0.2, -0.15) is 13.2 Å².